The van der Waals surface area contributed by atoms with Crippen LogP contribution in [0.4, 0.5) is 0 Å². The van der Waals surface area contributed by atoms with Crippen molar-refractivity contribution < 1.29 is 9.53 Å². The van der Waals surface area contributed by atoms with Crippen LogP contribution in [-0.2, 0) is 9.53 Å². The molecule has 0 radical (unpaired) electrons. The number of nitrogens with one attached hydrogen (secondary N) is 1. The van der Waals surface area contributed by atoms with Crippen LogP contribution in [0.1, 0.15) is 46.5 Å². The maximum absolute atomic E-state index is 12.0. The highest BCUT2D eigenvalue weighted by molar-refractivity contribution is 5.80. The third-order valence-electron chi connectivity index (χ3n) is 3.49. The minimum atomic E-state index is -0.581. The molecule has 106 valence electrons. The smallest absolute Gasteiger partial charge is 0.327 e. The Balaban J connectivity index is 2.65. The van der Waals surface area contributed by atoms with Crippen molar-refractivity contribution in [2.75, 3.05) is 26.7 Å². The van der Waals surface area contributed by atoms with Crippen molar-refractivity contribution in [2.45, 2.75) is 58.0 Å². The molecule has 1 unspecified atom stereocenters. The summed E-state index contributed by atoms with van der Waals surface area (Å²) in [5.41, 5.74) is -0.581. The van der Waals surface area contributed by atoms with Gasteiger partial charge in [-0.1, -0.05) is 13.8 Å². The maximum atomic E-state index is 12.0. The van der Waals surface area contributed by atoms with Gasteiger partial charge in [0.2, 0.25) is 0 Å². The van der Waals surface area contributed by atoms with E-state index in [1.165, 1.54) is 20.0 Å². The van der Waals surface area contributed by atoms with Gasteiger partial charge in [0.25, 0.3) is 0 Å². The van der Waals surface area contributed by atoms with Gasteiger partial charge in [-0.25, -0.2) is 0 Å². The average molecular weight is 256 g/mol. The molecule has 1 aliphatic rings. The highest BCUT2D eigenvalue weighted by Crippen LogP contribution is 2.28. The minimum Gasteiger partial charge on any atom is -0.468 e. The van der Waals surface area contributed by atoms with Crippen molar-refractivity contribution in [1.82, 2.24) is 10.2 Å². The second-order valence-electron chi connectivity index (χ2n) is 5.45. The number of esters is 1. The number of hydrogen-bond acceptors (Lipinski definition) is 4. The molecule has 1 aliphatic carbocycles. The number of hydrogen-bond donors (Lipinski definition) is 1. The van der Waals surface area contributed by atoms with Gasteiger partial charge in [-0.2, -0.15) is 0 Å². The van der Waals surface area contributed by atoms with Crippen LogP contribution in [0.3, 0.4) is 0 Å². The first kappa shape index (κ1) is 15.4. The lowest BCUT2D eigenvalue weighted by molar-refractivity contribution is -0.148. The Hall–Kier alpha value is -0.610. The van der Waals surface area contributed by atoms with Crippen LogP contribution in [0.15, 0.2) is 0 Å². The fourth-order valence-corrected chi connectivity index (χ4v) is 2.34. The minimum absolute atomic E-state index is 0.155. The molecular weight excluding hydrogens is 228 g/mol. The maximum Gasteiger partial charge on any atom is 0.327 e. The van der Waals surface area contributed by atoms with Crippen molar-refractivity contribution in [2.24, 2.45) is 0 Å². The molecule has 18 heavy (non-hydrogen) atoms. The second-order valence-corrected chi connectivity index (χ2v) is 5.45. The number of rotatable bonds is 9. The lowest BCUT2D eigenvalue weighted by Crippen LogP contribution is -2.58. The molecule has 0 spiro atoms. The molecule has 1 fully saturated rings. The summed E-state index contributed by atoms with van der Waals surface area (Å²) in [6.07, 6.45) is 4.68. The van der Waals surface area contributed by atoms with E-state index < -0.39 is 5.54 Å². The zero-order valence-electron chi connectivity index (χ0n) is 12.3. The van der Waals surface area contributed by atoms with Gasteiger partial charge in [0, 0.05) is 12.6 Å². The Morgan fingerprint density at radius 2 is 2.06 bits per heavy atom. The molecule has 0 bridgehead atoms. The van der Waals surface area contributed by atoms with Crippen LogP contribution in [0.2, 0.25) is 0 Å². The largest absolute Gasteiger partial charge is 0.468 e. The fourth-order valence-electron chi connectivity index (χ4n) is 2.34. The molecule has 0 aliphatic heterocycles. The third-order valence-corrected chi connectivity index (χ3v) is 3.49. The molecule has 0 aromatic heterocycles. The zero-order valence-corrected chi connectivity index (χ0v) is 12.3. The Labute approximate surface area is 111 Å². The molecule has 4 heteroatoms. The van der Waals surface area contributed by atoms with Crippen LogP contribution >= 0.6 is 0 Å². The molecule has 4 nitrogen and oxygen atoms in total. The van der Waals surface area contributed by atoms with Gasteiger partial charge < -0.3 is 10.1 Å². The van der Waals surface area contributed by atoms with Crippen molar-refractivity contribution in [1.29, 1.82) is 0 Å². The van der Waals surface area contributed by atoms with E-state index in [0.717, 1.165) is 32.5 Å². The topological polar surface area (TPSA) is 41.6 Å². The predicted molar refractivity (Wildman–Crippen MR) is 73.6 cm³/mol. The van der Waals surface area contributed by atoms with E-state index in [1.807, 2.05) is 6.92 Å². The van der Waals surface area contributed by atoms with E-state index in [0.29, 0.717) is 6.04 Å². The highest BCUT2D eigenvalue weighted by atomic mass is 16.5. The van der Waals surface area contributed by atoms with Gasteiger partial charge in [-0.15, -0.1) is 0 Å². The number of carbonyl (C=O) groups excluding carboxylic acids is 1. The van der Waals surface area contributed by atoms with Gasteiger partial charge >= 0.3 is 5.97 Å². The standard InChI is InChI=1S/C14H28N2O2/c1-5-9-15-14(3,13(17)18-4)11-16(10-6-2)12-7-8-12/h12,15H,5-11H2,1-4H3. The quantitative estimate of drug-likeness (QED) is 0.639. The van der Waals surface area contributed by atoms with Crippen molar-refractivity contribution >= 4 is 5.97 Å². The number of ether oxygens (including phenoxy) is 1. The van der Waals surface area contributed by atoms with E-state index in [1.54, 1.807) is 0 Å². The Morgan fingerprint density at radius 3 is 2.50 bits per heavy atom. The second kappa shape index (κ2) is 7.10. The van der Waals surface area contributed by atoms with Crippen molar-refractivity contribution in [3.63, 3.8) is 0 Å². The third kappa shape index (κ3) is 4.25. The van der Waals surface area contributed by atoms with Gasteiger partial charge in [-0.05, 0) is 45.7 Å². The molecule has 1 rings (SSSR count). The summed E-state index contributed by atoms with van der Waals surface area (Å²) in [5.74, 6) is -0.155. The monoisotopic (exact) mass is 256 g/mol. The Kier molecular flexibility index (Phi) is 6.09. The highest BCUT2D eigenvalue weighted by Gasteiger charge is 2.39. The van der Waals surface area contributed by atoms with Gasteiger partial charge in [-0.3, -0.25) is 9.69 Å². The summed E-state index contributed by atoms with van der Waals surface area (Å²) >= 11 is 0. The first-order valence-electron chi connectivity index (χ1n) is 7.14. The van der Waals surface area contributed by atoms with Gasteiger partial charge in [0.15, 0.2) is 0 Å². The first-order chi connectivity index (χ1) is 8.57. The SMILES string of the molecule is CCCNC(C)(CN(CCC)C1CC1)C(=O)OC. The molecule has 1 saturated carbocycles. The number of carbonyl (C=O) groups is 1. The van der Waals surface area contributed by atoms with E-state index in [9.17, 15) is 4.79 Å². The molecular formula is C14H28N2O2. The summed E-state index contributed by atoms with van der Waals surface area (Å²) in [6.45, 7) is 8.90. The lowest BCUT2D eigenvalue weighted by atomic mass is 10.0. The number of nitrogens with zero attached hydrogens (tertiary/aromatic N) is 1. The van der Waals surface area contributed by atoms with Gasteiger partial charge in [0.1, 0.15) is 5.54 Å². The van der Waals surface area contributed by atoms with E-state index in [-0.39, 0.29) is 5.97 Å². The molecule has 0 amide bonds. The molecule has 1 N–H and O–H groups in total. The summed E-state index contributed by atoms with van der Waals surface area (Å²) < 4.78 is 4.96. The number of methoxy groups -OCH3 is 1. The molecule has 0 aromatic carbocycles. The first-order valence-corrected chi connectivity index (χ1v) is 7.14. The summed E-state index contributed by atoms with van der Waals surface area (Å²) in [5, 5.41) is 3.35. The molecule has 0 saturated heterocycles. The van der Waals surface area contributed by atoms with Gasteiger partial charge in [0.05, 0.1) is 7.11 Å². The van der Waals surface area contributed by atoms with Crippen LogP contribution in [0.25, 0.3) is 0 Å². The summed E-state index contributed by atoms with van der Waals surface area (Å²) in [7, 11) is 1.47. The van der Waals surface area contributed by atoms with Crippen LogP contribution in [0, 0.1) is 0 Å². The average Bonchev–Trinajstić information content (AvgIpc) is 3.19. The van der Waals surface area contributed by atoms with E-state index in [2.05, 4.69) is 24.1 Å². The van der Waals surface area contributed by atoms with Crippen LogP contribution in [-0.4, -0.2) is 49.2 Å². The van der Waals surface area contributed by atoms with Crippen molar-refractivity contribution in [3.8, 4) is 0 Å². The lowest BCUT2D eigenvalue weighted by Gasteiger charge is -2.34. The molecule has 0 aromatic rings. The Morgan fingerprint density at radius 1 is 1.39 bits per heavy atom. The van der Waals surface area contributed by atoms with Crippen LogP contribution in [0.5, 0.6) is 0 Å². The fraction of sp³-hybridized carbons (Fsp3) is 0.929. The molecule has 0 heterocycles. The predicted octanol–water partition coefficient (Wildman–Crippen LogP) is 1.79. The summed E-state index contributed by atoms with van der Waals surface area (Å²) in [6, 6.07) is 0.678. The molecule has 1 atom stereocenters. The summed E-state index contributed by atoms with van der Waals surface area (Å²) in [4.78, 5) is 14.4. The zero-order chi connectivity index (χ0) is 13.6. The normalized spacial score (nSPS) is 18.7. The van der Waals surface area contributed by atoms with Crippen LogP contribution < -0.4 is 5.32 Å². The Bertz CT molecular complexity index is 267. The van der Waals surface area contributed by atoms with E-state index in [4.69, 9.17) is 4.74 Å². The van der Waals surface area contributed by atoms with Crippen molar-refractivity contribution in [3.05, 3.63) is 0 Å². The van der Waals surface area contributed by atoms with E-state index >= 15 is 0 Å².